The molecular formula is C18H14N4O4. The molecule has 0 aliphatic rings. The first kappa shape index (κ1) is 17.0. The number of rotatable bonds is 5. The van der Waals surface area contributed by atoms with Gasteiger partial charge in [0.05, 0.1) is 4.92 Å². The van der Waals surface area contributed by atoms with Gasteiger partial charge in [-0.15, -0.1) is 5.10 Å². The zero-order valence-corrected chi connectivity index (χ0v) is 13.7. The quantitative estimate of drug-likeness (QED) is 0.427. The molecule has 1 aromatic heterocycles. The number of aryl methyl sites for hydroxylation is 1. The van der Waals surface area contributed by atoms with Crippen molar-refractivity contribution in [2.24, 2.45) is 0 Å². The maximum atomic E-state index is 11.9. The molecule has 8 nitrogen and oxygen atoms in total. The maximum absolute atomic E-state index is 11.9. The van der Waals surface area contributed by atoms with Gasteiger partial charge in [0.2, 0.25) is 5.89 Å². The molecule has 0 saturated heterocycles. The van der Waals surface area contributed by atoms with Crippen molar-refractivity contribution in [1.29, 1.82) is 0 Å². The third-order valence-corrected chi connectivity index (χ3v) is 3.43. The Kier molecular flexibility index (Phi) is 4.84. The number of aromatic nitrogens is 2. The van der Waals surface area contributed by atoms with Crippen LogP contribution in [0.3, 0.4) is 0 Å². The fourth-order valence-corrected chi connectivity index (χ4v) is 2.23. The van der Waals surface area contributed by atoms with Gasteiger partial charge in [-0.2, -0.15) is 0 Å². The summed E-state index contributed by atoms with van der Waals surface area (Å²) in [4.78, 5) is 22.2. The lowest BCUT2D eigenvalue weighted by Gasteiger charge is -1.97. The number of nitro benzene ring substituents is 1. The molecule has 3 rings (SSSR count). The number of hydrogen-bond acceptors (Lipinski definition) is 6. The van der Waals surface area contributed by atoms with Gasteiger partial charge in [-0.25, -0.2) is 0 Å². The van der Waals surface area contributed by atoms with Crippen LogP contribution in [0.5, 0.6) is 0 Å². The second-order valence-corrected chi connectivity index (χ2v) is 5.46. The highest BCUT2D eigenvalue weighted by Crippen LogP contribution is 2.20. The minimum absolute atomic E-state index is 0.0322. The van der Waals surface area contributed by atoms with Crippen LogP contribution in [0.15, 0.2) is 59.0 Å². The van der Waals surface area contributed by atoms with Crippen LogP contribution < -0.4 is 5.32 Å². The molecule has 0 spiro atoms. The molecule has 0 aliphatic carbocycles. The van der Waals surface area contributed by atoms with Crippen LogP contribution >= 0.6 is 0 Å². The van der Waals surface area contributed by atoms with Crippen molar-refractivity contribution >= 4 is 23.7 Å². The second kappa shape index (κ2) is 7.39. The largest absolute Gasteiger partial charge is 0.403 e. The number of carbonyl (C=O) groups excluding carboxylic acids is 1. The number of hydrogen-bond donors (Lipinski definition) is 1. The van der Waals surface area contributed by atoms with Gasteiger partial charge in [0.1, 0.15) is 0 Å². The van der Waals surface area contributed by atoms with E-state index in [2.05, 4.69) is 15.5 Å². The number of anilines is 1. The summed E-state index contributed by atoms with van der Waals surface area (Å²) < 4.78 is 5.42. The third kappa shape index (κ3) is 4.18. The van der Waals surface area contributed by atoms with E-state index in [-0.39, 0.29) is 11.7 Å². The lowest BCUT2D eigenvalue weighted by atomic mass is 10.1. The number of amides is 1. The molecule has 130 valence electrons. The fraction of sp³-hybridized carbons (Fsp3) is 0.0556. The Balaban J connectivity index is 1.67. The van der Waals surface area contributed by atoms with Crippen molar-refractivity contribution in [1.82, 2.24) is 10.2 Å². The van der Waals surface area contributed by atoms with Gasteiger partial charge in [0, 0.05) is 23.8 Å². The Bertz CT molecular complexity index is 994. The predicted octanol–water partition coefficient (Wildman–Crippen LogP) is 3.61. The maximum Gasteiger partial charge on any atom is 0.322 e. The van der Waals surface area contributed by atoms with Gasteiger partial charge in [0.25, 0.3) is 11.6 Å². The molecule has 2 aromatic carbocycles. The summed E-state index contributed by atoms with van der Waals surface area (Å²) in [5, 5.41) is 20.9. The molecular weight excluding hydrogens is 336 g/mol. The van der Waals surface area contributed by atoms with Gasteiger partial charge >= 0.3 is 6.01 Å². The van der Waals surface area contributed by atoms with Crippen LogP contribution in [0, 0.1) is 17.0 Å². The van der Waals surface area contributed by atoms with Crippen molar-refractivity contribution in [3.63, 3.8) is 0 Å². The Hall–Kier alpha value is -3.81. The van der Waals surface area contributed by atoms with Gasteiger partial charge in [-0.1, -0.05) is 34.9 Å². The van der Waals surface area contributed by atoms with Crippen LogP contribution in [-0.4, -0.2) is 21.0 Å². The molecule has 0 radical (unpaired) electrons. The lowest BCUT2D eigenvalue weighted by Crippen LogP contribution is -2.07. The number of nitrogens with one attached hydrogen (secondary N) is 1. The van der Waals surface area contributed by atoms with Crippen LogP contribution in [-0.2, 0) is 4.79 Å². The highest BCUT2D eigenvalue weighted by molar-refractivity contribution is 6.00. The average Bonchev–Trinajstić information content (AvgIpc) is 3.09. The van der Waals surface area contributed by atoms with E-state index in [4.69, 9.17) is 4.42 Å². The minimum Gasteiger partial charge on any atom is -0.403 e. The highest BCUT2D eigenvalue weighted by Gasteiger charge is 2.10. The van der Waals surface area contributed by atoms with Crippen LogP contribution in [0.2, 0.25) is 0 Å². The number of nitrogens with zero attached hydrogens (tertiary/aromatic N) is 3. The molecule has 26 heavy (non-hydrogen) atoms. The molecule has 0 fully saturated rings. The van der Waals surface area contributed by atoms with Gasteiger partial charge < -0.3 is 4.42 Å². The third-order valence-electron chi connectivity index (χ3n) is 3.43. The molecule has 8 heteroatoms. The van der Waals surface area contributed by atoms with E-state index in [0.717, 1.165) is 11.1 Å². The molecule has 1 N–H and O–H groups in total. The minimum atomic E-state index is -0.497. The van der Waals surface area contributed by atoms with Crippen LogP contribution in [0.1, 0.15) is 11.1 Å². The lowest BCUT2D eigenvalue weighted by molar-refractivity contribution is -0.384. The molecule has 0 atom stereocenters. The van der Waals surface area contributed by atoms with E-state index in [0.29, 0.717) is 11.5 Å². The first-order valence-corrected chi connectivity index (χ1v) is 7.65. The fourth-order valence-electron chi connectivity index (χ4n) is 2.23. The first-order chi connectivity index (χ1) is 12.5. The average molecular weight is 350 g/mol. The van der Waals surface area contributed by atoms with Gasteiger partial charge in [0.15, 0.2) is 0 Å². The van der Waals surface area contributed by atoms with Crippen molar-refractivity contribution < 1.29 is 14.1 Å². The number of benzene rings is 2. The first-order valence-electron chi connectivity index (χ1n) is 7.65. The van der Waals surface area contributed by atoms with E-state index in [1.54, 1.807) is 12.1 Å². The summed E-state index contributed by atoms with van der Waals surface area (Å²) in [6.07, 6.45) is 2.69. The van der Waals surface area contributed by atoms with Gasteiger partial charge in [-0.05, 0) is 30.7 Å². The Morgan fingerprint density at radius 1 is 1.19 bits per heavy atom. The van der Waals surface area contributed by atoms with E-state index in [1.165, 1.54) is 24.3 Å². The monoisotopic (exact) mass is 350 g/mol. The Morgan fingerprint density at radius 2 is 2.00 bits per heavy atom. The van der Waals surface area contributed by atoms with E-state index in [1.807, 2.05) is 31.2 Å². The van der Waals surface area contributed by atoms with Crippen molar-refractivity contribution in [3.05, 3.63) is 75.8 Å². The summed E-state index contributed by atoms with van der Waals surface area (Å²) in [6.45, 7) is 1.95. The summed E-state index contributed by atoms with van der Waals surface area (Å²) >= 11 is 0. The summed E-state index contributed by atoms with van der Waals surface area (Å²) in [6, 6.07) is 13.4. The Morgan fingerprint density at radius 3 is 2.77 bits per heavy atom. The van der Waals surface area contributed by atoms with Gasteiger partial charge in [-0.3, -0.25) is 20.2 Å². The van der Waals surface area contributed by atoms with E-state index in [9.17, 15) is 14.9 Å². The zero-order chi connectivity index (χ0) is 18.5. The topological polar surface area (TPSA) is 111 Å². The SMILES string of the molecule is Cc1cccc(-c2nnc(NC(=O)C=Cc3cccc([N+](=O)[O-])c3)o2)c1. The molecule has 1 amide bonds. The smallest absolute Gasteiger partial charge is 0.322 e. The zero-order valence-electron chi connectivity index (χ0n) is 13.7. The molecule has 0 saturated carbocycles. The van der Waals surface area contributed by atoms with Crippen LogP contribution in [0.4, 0.5) is 11.7 Å². The number of nitro groups is 1. The molecule has 1 heterocycles. The molecule has 0 unspecified atom stereocenters. The summed E-state index contributed by atoms with van der Waals surface area (Å²) in [5.74, 6) is -0.192. The van der Waals surface area contributed by atoms with E-state index >= 15 is 0 Å². The van der Waals surface area contributed by atoms with Crippen molar-refractivity contribution in [2.45, 2.75) is 6.92 Å². The Labute approximate surface area is 148 Å². The summed E-state index contributed by atoms with van der Waals surface area (Å²) in [7, 11) is 0. The standard InChI is InChI=1S/C18H14N4O4/c1-12-4-2-6-14(10-12)17-20-21-18(26-17)19-16(23)9-8-13-5-3-7-15(11-13)22(24)25/h2-11H,1H3,(H,19,21,23). The predicted molar refractivity (Wildman–Crippen MR) is 95.2 cm³/mol. The van der Waals surface area contributed by atoms with Crippen LogP contribution in [0.25, 0.3) is 17.5 Å². The van der Waals surface area contributed by atoms with Crippen molar-refractivity contribution in [3.8, 4) is 11.5 Å². The summed E-state index contributed by atoms with van der Waals surface area (Å²) in [5.41, 5.74) is 2.28. The second-order valence-electron chi connectivity index (χ2n) is 5.46. The normalized spacial score (nSPS) is 10.8. The van der Waals surface area contributed by atoms with E-state index < -0.39 is 10.8 Å². The molecule has 0 aliphatic heterocycles. The van der Waals surface area contributed by atoms with Crippen molar-refractivity contribution in [2.75, 3.05) is 5.32 Å². The molecule has 3 aromatic rings. The highest BCUT2D eigenvalue weighted by atomic mass is 16.6. The molecule has 0 bridgehead atoms. The number of non-ortho nitro benzene ring substituents is 1. The number of carbonyl (C=O) groups is 1.